The number of fused-ring (bicyclic) bond motifs is 5. The van der Waals surface area contributed by atoms with E-state index in [1.165, 1.54) is 37.7 Å². The summed E-state index contributed by atoms with van der Waals surface area (Å²) >= 11 is 0. The molecular weight excluding hydrogens is 328 g/mol. The van der Waals surface area contributed by atoms with E-state index in [0.717, 1.165) is 30.6 Å². The topological polar surface area (TPSA) is 20.2 Å². The van der Waals surface area contributed by atoms with Crippen molar-refractivity contribution in [3.05, 3.63) is 35.5 Å². The fraction of sp³-hybridized carbons (Fsp3) is 0.769. The maximum absolute atomic E-state index is 10.2. The summed E-state index contributed by atoms with van der Waals surface area (Å²) in [6.45, 7) is 12.1. The Morgan fingerprint density at radius 3 is 2.48 bits per heavy atom. The van der Waals surface area contributed by atoms with Crippen molar-refractivity contribution in [3.8, 4) is 0 Å². The lowest BCUT2D eigenvalue weighted by atomic mass is 9.50. The van der Waals surface area contributed by atoms with Gasteiger partial charge in [-0.25, -0.2) is 0 Å². The molecule has 3 fully saturated rings. The molecule has 0 amide bonds. The first-order valence-electron chi connectivity index (χ1n) is 11.5. The molecule has 0 heterocycles. The first-order chi connectivity index (χ1) is 12.8. The number of hydrogen-bond donors (Lipinski definition) is 1. The fourth-order valence-electron chi connectivity index (χ4n) is 7.42. The Morgan fingerprint density at radius 2 is 1.74 bits per heavy atom. The van der Waals surface area contributed by atoms with Crippen LogP contribution in [0.1, 0.15) is 79.6 Å². The molecule has 4 unspecified atom stereocenters. The first-order valence-corrected chi connectivity index (χ1v) is 11.5. The van der Waals surface area contributed by atoms with Gasteiger partial charge in [0.2, 0.25) is 0 Å². The molecule has 4 aliphatic rings. The van der Waals surface area contributed by atoms with Crippen molar-refractivity contribution >= 4 is 0 Å². The van der Waals surface area contributed by atoms with Crippen LogP contribution in [0.5, 0.6) is 0 Å². The van der Waals surface area contributed by atoms with Gasteiger partial charge in [0.1, 0.15) is 0 Å². The van der Waals surface area contributed by atoms with Crippen molar-refractivity contribution in [3.63, 3.8) is 0 Å². The molecule has 4 aliphatic carbocycles. The van der Waals surface area contributed by atoms with Gasteiger partial charge in [-0.1, -0.05) is 70.1 Å². The summed E-state index contributed by atoms with van der Waals surface area (Å²) < 4.78 is 0. The Hall–Kier alpha value is -0.820. The maximum Gasteiger partial charge on any atom is 0.0578 e. The molecule has 150 valence electrons. The lowest BCUT2D eigenvalue weighted by Crippen LogP contribution is -2.46. The third kappa shape index (κ3) is 3.09. The van der Waals surface area contributed by atoms with E-state index >= 15 is 0 Å². The molecule has 1 nitrogen and oxygen atoms in total. The Balaban J connectivity index is 1.61. The standard InChI is InChI=1S/C26H40O/c1-17(2)6-7-18(3)22-10-11-23-21-9-8-19-16-20(27)12-14-25(19,4)24(21)13-15-26(22,23)5/h6-9,17-18,20,22-24,27H,10-16H2,1-5H3/b7-6+/t18?,20-,22?,23?,24?,25-,26+/m0/s1. The van der Waals surface area contributed by atoms with E-state index in [1.54, 1.807) is 5.57 Å². The van der Waals surface area contributed by atoms with Gasteiger partial charge in [-0.05, 0) is 85.4 Å². The summed E-state index contributed by atoms with van der Waals surface area (Å²) in [5, 5.41) is 10.2. The van der Waals surface area contributed by atoms with E-state index in [2.05, 4.69) is 58.9 Å². The highest BCUT2D eigenvalue weighted by Crippen LogP contribution is 2.65. The van der Waals surface area contributed by atoms with Crippen LogP contribution in [0.25, 0.3) is 0 Å². The third-order valence-corrected chi connectivity index (χ3v) is 9.05. The zero-order valence-electron chi connectivity index (χ0n) is 18.2. The van der Waals surface area contributed by atoms with Gasteiger partial charge in [-0.3, -0.25) is 0 Å². The predicted octanol–water partition coefficient (Wildman–Crippen LogP) is 6.69. The van der Waals surface area contributed by atoms with Crippen molar-refractivity contribution in [2.75, 3.05) is 0 Å². The average Bonchev–Trinajstić information content (AvgIpc) is 2.97. The van der Waals surface area contributed by atoms with Crippen LogP contribution < -0.4 is 0 Å². The molecule has 0 aromatic rings. The highest BCUT2D eigenvalue weighted by atomic mass is 16.3. The van der Waals surface area contributed by atoms with Crippen LogP contribution in [0, 0.1) is 40.4 Å². The largest absolute Gasteiger partial charge is 0.393 e. The molecular formula is C26H40O. The number of aliphatic hydroxyl groups excluding tert-OH is 1. The van der Waals surface area contributed by atoms with Crippen LogP contribution >= 0.6 is 0 Å². The van der Waals surface area contributed by atoms with Crippen molar-refractivity contribution in [2.24, 2.45) is 40.4 Å². The van der Waals surface area contributed by atoms with Gasteiger partial charge in [0.05, 0.1) is 6.10 Å². The molecule has 4 rings (SSSR count). The van der Waals surface area contributed by atoms with E-state index in [0.29, 0.717) is 22.7 Å². The summed E-state index contributed by atoms with van der Waals surface area (Å²) in [4.78, 5) is 0. The average molecular weight is 369 g/mol. The quantitative estimate of drug-likeness (QED) is 0.550. The van der Waals surface area contributed by atoms with Crippen molar-refractivity contribution in [2.45, 2.75) is 85.7 Å². The Labute approximate surface area is 167 Å². The van der Waals surface area contributed by atoms with Crippen LogP contribution in [0.3, 0.4) is 0 Å². The molecule has 0 bridgehead atoms. The molecule has 7 atom stereocenters. The zero-order valence-corrected chi connectivity index (χ0v) is 18.2. The minimum atomic E-state index is -0.113. The van der Waals surface area contributed by atoms with Crippen molar-refractivity contribution in [1.82, 2.24) is 0 Å². The molecule has 0 aliphatic heterocycles. The molecule has 0 saturated heterocycles. The SMILES string of the molecule is CC(C)/C=C/C(C)C1CCC2C3=CC=C4C[C@@H](O)CC[C@]4(C)C3CC[C@@]21C. The van der Waals surface area contributed by atoms with Crippen LogP contribution in [0.4, 0.5) is 0 Å². The Morgan fingerprint density at radius 1 is 0.963 bits per heavy atom. The first kappa shape index (κ1) is 19.5. The monoisotopic (exact) mass is 368 g/mol. The minimum Gasteiger partial charge on any atom is -0.393 e. The second-order valence-corrected chi connectivity index (χ2v) is 11.0. The van der Waals surface area contributed by atoms with Gasteiger partial charge in [-0.2, -0.15) is 0 Å². The number of hydrogen-bond acceptors (Lipinski definition) is 1. The number of allylic oxidation sites excluding steroid dienone is 5. The highest BCUT2D eigenvalue weighted by molar-refractivity contribution is 5.39. The van der Waals surface area contributed by atoms with Gasteiger partial charge in [0, 0.05) is 0 Å². The summed E-state index contributed by atoms with van der Waals surface area (Å²) in [6, 6.07) is 0. The van der Waals surface area contributed by atoms with E-state index < -0.39 is 0 Å². The van der Waals surface area contributed by atoms with Crippen LogP contribution in [0.15, 0.2) is 35.5 Å². The molecule has 27 heavy (non-hydrogen) atoms. The van der Waals surface area contributed by atoms with Gasteiger partial charge in [0.15, 0.2) is 0 Å². The van der Waals surface area contributed by atoms with E-state index in [4.69, 9.17) is 0 Å². The number of aliphatic hydroxyl groups is 1. The summed E-state index contributed by atoms with van der Waals surface area (Å²) in [7, 11) is 0. The Bertz CT molecular complexity index is 668. The fourth-order valence-corrected chi connectivity index (χ4v) is 7.42. The lowest BCUT2D eigenvalue weighted by Gasteiger charge is -2.55. The van der Waals surface area contributed by atoms with Crippen LogP contribution in [0.2, 0.25) is 0 Å². The third-order valence-electron chi connectivity index (χ3n) is 9.05. The summed E-state index contributed by atoms with van der Waals surface area (Å²) in [6.07, 6.45) is 18.3. The second kappa shape index (κ2) is 6.90. The normalized spacial score (nSPS) is 45.1. The summed E-state index contributed by atoms with van der Waals surface area (Å²) in [5.41, 5.74) is 4.08. The summed E-state index contributed by atoms with van der Waals surface area (Å²) in [5.74, 6) is 3.67. The highest BCUT2D eigenvalue weighted by Gasteiger charge is 2.56. The van der Waals surface area contributed by atoms with Gasteiger partial charge < -0.3 is 5.11 Å². The molecule has 1 N–H and O–H groups in total. The van der Waals surface area contributed by atoms with Crippen molar-refractivity contribution < 1.29 is 5.11 Å². The van der Waals surface area contributed by atoms with E-state index in [1.807, 2.05) is 0 Å². The molecule has 0 aromatic heterocycles. The van der Waals surface area contributed by atoms with Crippen LogP contribution in [-0.4, -0.2) is 11.2 Å². The van der Waals surface area contributed by atoms with E-state index in [9.17, 15) is 5.11 Å². The van der Waals surface area contributed by atoms with Gasteiger partial charge in [-0.15, -0.1) is 0 Å². The zero-order chi connectivity index (χ0) is 19.4. The molecule has 0 radical (unpaired) electrons. The minimum absolute atomic E-state index is 0.113. The van der Waals surface area contributed by atoms with Gasteiger partial charge >= 0.3 is 0 Å². The van der Waals surface area contributed by atoms with E-state index in [-0.39, 0.29) is 6.10 Å². The predicted molar refractivity (Wildman–Crippen MR) is 114 cm³/mol. The second-order valence-electron chi connectivity index (χ2n) is 11.0. The molecule has 0 spiro atoms. The van der Waals surface area contributed by atoms with Crippen molar-refractivity contribution in [1.29, 1.82) is 0 Å². The van der Waals surface area contributed by atoms with Gasteiger partial charge in [0.25, 0.3) is 0 Å². The smallest absolute Gasteiger partial charge is 0.0578 e. The molecule has 0 aromatic carbocycles. The number of rotatable bonds is 3. The lowest BCUT2D eigenvalue weighted by molar-refractivity contribution is 0.0383. The molecule has 1 heteroatoms. The molecule has 3 saturated carbocycles. The Kier molecular flexibility index (Phi) is 4.98. The maximum atomic E-state index is 10.2. The van der Waals surface area contributed by atoms with Crippen LogP contribution in [-0.2, 0) is 0 Å².